The molecule has 0 saturated carbocycles. The third kappa shape index (κ3) is 4.62. The predicted octanol–water partition coefficient (Wildman–Crippen LogP) is 6.07. The second-order valence-corrected chi connectivity index (χ2v) is 8.10. The second kappa shape index (κ2) is 9.25. The van der Waals surface area contributed by atoms with Crippen molar-refractivity contribution >= 4 is 28.8 Å². The molecule has 1 aliphatic rings. The highest BCUT2D eigenvalue weighted by Crippen LogP contribution is 2.45. The van der Waals surface area contributed by atoms with Crippen LogP contribution in [0.1, 0.15) is 35.6 Å². The molecule has 0 bridgehead atoms. The molecule has 1 amide bonds. The molecule has 0 unspecified atom stereocenters. The Labute approximate surface area is 194 Å². The van der Waals surface area contributed by atoms with E-state index < -0.39 is 0 Å². The first-order valence-corrected chi connectivity index (χ1v) is 10.7. The number of carbonyl (C=O) groups is 1. The van der Waals surface area contributed by atoms with Crippen molar-refractivity contribution in [2.45, 2.75) is 20.3 Å². The molecule has 0 aliphatic heterocycles. The van der Waals surface area contributed by atoms with Crippen LogP contribution in [0.4, 0.5) is 5.69 Å². The first-order valence-electron chi connectivity index (χ1n) is 10.7. The highest BCUT2D eigenvalue weighted by atomic mass is 16.5. The molecule has 3 aromatic rings. The lowest BCUT2D eigenvalue weighted by Crippen LogP contribution is -2.12. The third-order valence-electron chi connectivity index (χ3n) is 5.85. The number of hydrogen-bond acceptors (Lipinski definition) is 4. The quantitative estimate of drug-likeness (QED) is 0.487. The number of amides is 1. The Morgan fingerprint density at radius 2 is 1.79 bits per heavy atom. The van der Waals surface area contributed by atoms with Gasteiger partial charge in [0.25, 0.3) is 0 Å². The zero-order valence-corrected chi connectivity index (χ0v) is 19.2. The van der Waals surface area contributed by atoms with Crippen molar-refractivity contribution in [2.75, 3.05) is 19.5 Å². The molecule has 5 nitrogen and oxygen atoms in total. The number of rotatable bonds is 6. The summed E-state index contributed by atoms with van der Waals surface area (Å²) >= 11 is 0. The molecular weight excluding hydrogens is 414 g/mol. The minimum Gasteiger partial charge on any atom is -0.504 e. The van der Waals surface area contributed by atoms with Gasteiger partial charge in [-0.1, -0.05) is 24.3 Å². The van der Waals surface area contributed by atoms with Crippen LogP contribution in [0.3, 0.4) is 0 Å². The minimum atomic E-state index is -0.0729. The zero-order valence-electron chi connectivity index (χ0n) is 19.2. The fourth-order valence-corrected chi connectivity index (χ4v) is 4.15. The number of carbonyl (C=O) groups excluding carboxylic acids is 1. The Hall–Kier alpha value is -3.99. The Morgan fingerprint density at radius 3 is 2.52 bits per heavy atom. The first kappa shape index (κ1) is 22.2. The predicted molar refractivity (Wildman–Crippen MR) is 133 cm³/mol. The molecule has 168 valence electrons. The van der Waals surface area contributed by atoms with Crippen LogP contribution in [0.25, 0.3) is 17.2 Å². The number of hydrogen-bond donors (Lipinski definition) is 2. The molecule has 3 aromatic carbocycles. The minimum absolute atomic E-state index is 0.0729. The van der Waals surface area contributed by atoms with Gasteiger partial charge in [-0.15, -0.1) is 0 Å². The molecule has 0 aromatic heterocycles. The molecule has 0 fully saturated rings. The van der Waals surface area contributed by atoms with E-state index in [1.54, 1.807) is 19.2 Å². The fourth-order valence-electron chi connectivity index (χ4n) is 4.15. The molecule has 0 atom stereocenters. The summed E-state index contributed by atoms with van der Waals surface area (Å²) < 4.78 is 10.7. The summed E-state index contributed by atoms with van der Waals surface area (Å²) in [5, 5.41) is 12.9. The first-order chi connectivity index (χ1) is 15.9. The summed E-state index contributed by atoms with van der Waals surface area (Å²) in [7, 11) is 3.16. The molecule has 0 saturated heterocycles. The van der Waals surface area contributed by atoms with Crippen LogP contribution >= 0.6 is 0 Å². The van der Waals surface area contributed by atoms with E-state index in [0.29, 0.717) is 5.75 Å². The van der Waals surface area contributed by atoms with Crippen molar-refractivity contribution in [3.8, 4) is 17.2 Å². The Bertz CT molecular complexity index is 1290. The van der Waals surface area contributed by atoms with Gasteiger partial charge in [0.1, 0.15) is 5.75 Å². The molecule has 0 spiro atoms. The third-order valence-corrected chi connectivity index (χ3v) is 5.85. The van der Waals surface area contributed by atoms with Gasteiger partial charge in [0, 0.05) is 5.69 Å². The van der Waals surface area contributed by atoms with Crippen LogP contribution in [0, 0.1) is 6.92 Å². The van der Waals surface area contributed by atoms with Crippen LogP contribution < -0.4 is 14.8 Å². The zero-order chi connectivity index (χ0) is 23.5. The molecule has 33 heavy (non-hydrogen) atoms. The average Bonchev–Trinajstić information content (AvgIpc) is 3.05. The van der Waals surface area contributed by atoms with Gasteiger partial charge in [-0.3, -0.25) is 4.79 Å². The Kier molecular flexibility index (Phi) is 6.22. The van der Waals surface area contributed by atoms with Gasteiger partial charge < -0.3 is 19.9 Å². The molecule has 0 radical (unpaired) electrons. The number of methoxy groups -OCH3 is 2. The van der Waals surface area contributed by atoms with E-state index in [9.17, 15) is 9.90 Å². The SMILES string of the molecule is COc1ccc2c(c1)C(CC(=O)Nc1cccc(C)c1)=C(C)/C2=C/c1ccc(O)c(OC)c1. The van der Waals surface area contributed by atoms with Gasteiger partial charge in [0.15, 0.2) is 11.5 Å². The van der Waals surface area contributed by atoms with Crippen molar-refractivity contribution in [1.29, 1.82) is 0 Å². The van der Waals surface area contributed by atoms with Crippen molar-refractivity contribution in [2.24, 2.45) is 0 Å². The number of benzene rings is 3. The van der Waals surface area contributed by atoms with Gasteiger partial charge in [0.2, 0.25) is 5.91 Å². The van der Waals surface area contributed by atoms with Crippen LogP contribution in [-0.2, 0) is 4.79 Å². The van der Waals surface area contributed by atoms with Gasteiger partial charge >= 0.3 is 0 Å². The normalized spacial score (nSPS) is 13.8. The summed E-state index contributed by atoms with van der Waals surface area (Å²) in [6.07, 6.45) is 2.30. The number of phenolic OH excluding ortho intramolecular Hbond substituents is 1. The monoisotopic (exact) mass is 441 g/mol. The standard InChI is InChI=1S/C28H27NO4/c1-17-6-5-7-20(12-17)29-28(31)16-24-18(2)23(22-10-9-21(32-3)15-25(22)24)13-19-8-11-26(30)27(14-19)33-4/h5-15,30H,16H2,1-4H3,(H,29,31)/b23-13-. The van der Waals surface area contributed by atoms with Gasteiger partial charge in [-0.05, 0) is 95.3 Å². The molecule has 2 N–H and O–H groups in total. The van der Waals surface area contributed by atoms with Gasteiger partial charge in [-0.2, -0.15) is 0 Å². The van der Waals surface area contributed by atoms with Crippen LogP contribution in [0.2, 0.25) is 0 Å². The van der Waals surface area contributed by atoms with E-state index in [1.807, 2.05) is 68.5 Å². The maximum Gasteiger partial charge on any atom is 0.228 e. The maximum atomic E-state index is 12.9. The maximum absolute atomic E-state index is 12.9. The van der Waals surface area contributed by atoms with Crippen molar-refractivity contribution in [1.82, 2.24) is 0 Å². The lowest BCUT2D eigenvalue weighted by molar-refractivity contribution is -0.115. The number of fused-ring (bicyclic) bond motifs is 1. The molecular formula is C28H27NO4. The number of aryl methyl sites for hydroxylation is 1. The van der Waals surface area contributed by atoms with Crippen LogP contribution in [0.15, 0.2) is 66.2 Å². The van der Waals surface area contributed by atoms with E-state index >= 15 is 0 Å². The Morgan fingerprint density at radius 1 is 0.970 bits per heavy atom. The van der Waals surface area contributed by atoms with E-state index in [0.717, 1.165) is 50.4 Å². The lowest BCUT2D eigenvalue weighted by atomic mass is 10.00. The number of aromatic hydroxyl groups is 1. The molecule has 5 heteroatoms. The van der Waals surface area contributed by atoms with Crippen molar-refractivity contribution < 1.29 is 19.4 Å². The highest BCUT2D eigenvalue weighted by Gasteiger charge is 2.26. The summed E-state index contributed by atoms with van der Waals surface area (Å²) in [6, 6.07) is 18.9. The smallest absolute Gasteiger partial charge is 0.228 e. The molecule has 4 rings (SSSR count). The number of nitrogens with one attached hydrogen (secondary N) is 1. The molecule has 1 aliphatic carbocycles. The van der Waals surface area contributed by atoms with E-state index in [4.69, 9.17) is 9.47 Å². The lowest BCUT2D eigenvalue weighted by Gasteiger charge is -2.10. The van der Waals surface area contributed by atoms with Crippen LogP contribution in [0.5, 0.6) is 17.2 Å². The fraction of sp³-hybridized carbons (Fsp3) is 0.179. The van der Waals surface area contributed by atoms with E-state index in [2.05, 4.69) is 5.32 Å². The summed E-state index contributed by atoms with van der Waals surface area (Å²) in [4.78, 5) is 12.9. The number of phenols is 1. The summed E-state index contributed by atoms with van der Waals surface area (Å²) in [6.45, 7) is 4.03. The topological polar surface area (TPSA) is 67.8 Å². The number of anilines is 1. The number of allylic oxidation sites excluding steroid dienone is 2. The largest absolute Gasteiger partial charge is 0.504 e. The van der Waals surface area contributed by atoms with Crippen molar-refractivity contribution in [3.63, 3.8) is 0 Å². The van der Waals surface area contributed by atoms with Crippen LogP contribution in [-0.4, -0.2) is 25.2 Å². The Balaban J connectivity index is 1.72. The second-order valence-electron chi connectivity index (χ2n) is 8.10. The van der Waals surface area contributed by atoms with E-state index in [1.165, 1.54) is 7.11 Å². The summed E-state index contributed by atoms with van der Waals surface area (Å²) in [5.41, 5.74) is 7.82. The molecule has 0 heterocycles. The van der Waals surface area contributed by atoms with Gasteiger partial charge in [0.05, 0.1) is 20.6 Å². The highest BCUT2D eigenvalue weighted by molar-refractivity contribution is 6.10. The summed E-state index contributed by atoms with van der Waals surface area (Å²) in [5.74, 6) is 1.18. The number of ether oxygens (including phenoxy) is 2. The van der Waals surface area contributed by atoms with Gasteiger partial charge in [-0.25, -0.2) is 0 Å². The van der Waals surface area contributed by atoms with Crippen molar-refractivity contribution in [3.05, 3.63) is 88.5 Å². The van der Waals surface area contributed by atoms with E-state index in [-0.39, 0.29) is 18.1 Å². The average molecular weight is 442 g/mol.